The molecule has 1 fully saturated rings. The molecule has 1 atom stereocenters. The lowest BCUT2D eigenvalue weighted by Crippen LogP contribution is -2.28. The summed E-state index contributed by atoms with van der Waals surface area (Å²) in [6.07, 6.45) is 2.43. The van der Waals surface area contributed by atoms with Crippen molar-refractivity contribution in [2.24, 2.45) is 0 Å². The van der Waals surface area contributed by atoms with E-state index in [1.807, 2.05) is 12.1 Å². The molecule has 0 bridgehead atoms. The molecule has 1 aromatic carbocycles. The molecule has 2 heterocycles. The number of nitrogens with one attached hydrogen (secondary N) is 2. The summed E-state index contributed by atoms with van der Waals surface area (Å²) >= 11 is 0. The Bertz CT molecular complexity index is 568. The second-order valence-corrected chi connectivity index (χ2v) is 5.37. The number of hydrogen-bond acceptors (Lipinski definition) is 3. The van der Waals surface area contributed by atoms with Gasteiger partial charge in [0.2, 0.25) is 0 Å². The van der Waals surface area contributed by atoms with Crippen molar-refractivity contribution in [2.45, 2.75) is 25.7 Å². The first-order chi connectivity index (χ1) is 9.78. The third kappa shape index (κ3) is 2.56. The van der Waals surface area contributed by atoms with E-state index in [9.17, 15) is 0 Å². The fourth-order valence-corrected chi connectivity index (χ4v) is 2.79. The van der Waals surface area contributed by atoms with Gasteiger partial charge >= 0.3 is 0 Å². The lowest BCUT2D eigenvalue weighted by molar-refractivity contribution is 0.415. The summed E-state index contributed by atoms with van der Waals surface area (Å²) in [5, 5.41) is 3.44. The molecule has 4 heteroatoms. The lowest BCUT2D eigenvalue weighted by Gasteiger charge is -2.20. The third-order valence-corrected chi connectivity index (χ3v) is 3.95. The summed E-state index contributed by atoms with van der Waals surface area (Å²) in [6, 6.07) is 8.08. The Balaban J connectivity index is 1.87. The molecule has 20 heavy (non-hydrogen) atoms. The fourth-order valence-electron chi connectivity index (χ4n) is 2.79. The molecule has 4 nitrogen and oxygen atoms in total. The monoisotopic (exact) mass is 271 g/mol. The van der Waals surface area contributed by atoms with Gasteiger partial charge in [-0.3, -0.25) is 0 Å². The van der Waals surface area contributed by atoms with Crippen LogP contribution in [0, 0.1) is 6.92 Å². The van der Waals surface area contributed by atoms with Crippen LogP contribution in [-0.4, -0.2) is 30.2 Å². The Hall–Kier alpha value is -1.81. The smallest absolute Gasteiger partial charge is 0.118 e. The normalized spacial score (nSPS) is 19.0. The van der Waals surface area contributed by atoms with E-state index < -0.39 is 0 Å². The van der Waals surface area contributed by atoms with Gasteiger partial charge in [0.15, 0.2) is 0 Å². The van der Waals surface area contributed by atoms with Gasteiger partial charge in [-0.1, -0.05) is 0 Å². The minimum Gasteiger partial charge on any atom is -0.497 e. The van der Waals surface area contributed by atoms with Gasteiger partial charge in [-0.05, 0) is 50.6 Å². The van der Waals surface area contributed by atoms with Crippen LogP contribution in [0.5, 0.6) is 5.75 Å². The van der Waals surface area contributed by atoms with Crippen molar-refractivity contribution in [3.05, 3.63) is 35.8 Å². The summed E-state index contributed by atoms with van der Waals surface area (Å²) in [7, 11) is 1.68. The fraction of sp³-hybridized carbons (Fsp3) is 0.438. The van der Waals surface area contributed by atoms with E-state index in [0.29, 0.717) is 5.92 Å². The Kier molecular flexibility index (Phi) is 3.74. The molecule has 1 aromatic heterocycles. The predicted molar refractivity (Wildman–Crippen MR) is 80.2 cm³/mol. The minimum atomic E-state index is 0.509. The van der Waals surface area contributed by atoms with Gasteiger partial charge < -0.3 is 15.0 Å². The van der Waals surface area contributed by atoms with E-state index in [0.717, 1.165) is 41.6 Å². The molecule has 3 rings (SSSR count). The molecular weight excluding hydrogens is 250 g/mol. The molecule has 0 radical (unpaired) electrons. The number of ether oxygens (including phenoxy) is 1. The molecule has 106 valence electrons. The quantitative estimate of drug-likeness (QED) is 0.902. The van der Waals surface area contributed by atoms with Gasteiger partial charge in [0, 0.05) is 23.7 Å². The third-order valence-electron chi connectivity index (χ3n) is 3.95. The first-order valence-corrected chi connectivity index (χ1v) is 7.19. The molecule has 0 amide bonds. The largest absolute Gasteiger partial charge is 0.497 e. The van der Waals surface area contributed by atoms with Gasteiger partial charge in [-0.25, -0.2) is 4.98 Å². The van der Waals surface area contributed by atoms with E-state index in [1.165, 1.54) is 12.8 Å². The average Bonchev–Trinajstić information content (AvgIpc) is 2.90. The first-order valence-electron chi connectivity index (χ1n) is 7.19. The number of nitrogens with zero attached hydrogens (tertiary/aromatic N) is 1. The van der Waals surface area contributed by atoms with Crippen molar-refractivity contribution in [1.29, 1.82) is 0 Å². The van der Waals surface area contributed by atoms with Gasteiger partial charge in [0.25, 0.3) is 0 Å². The van der Waals surface area contributed by atoms with E-state index in [4.69, 9.17) is 9.72 Å². The maximum absolute atomic E-state index is 5.20. The van der Waals surface area contributed by atoms with E-state index in [2.05, 4.69) is 29.4 Å². The van der Waals surface area contributed by atoms with Crippen molar-refractivity contribution in [1.82, 2.24) is 15.3 Å². The number of piperidine rings is 1. The molecule has 2 aromatic rings. The summed E-state index contributed by atoms with van der Waals surface area (Å²) < 4.78 is 5.20. The molecular formula is C16H21N3O. The number of methoxy groups -OCH3 is 1. The summed E-state index contributed by atoms with van der Waals surface area (Å²) in [5.74, 6) is 2.49. The molecule has 2 N–H and O–H groups in total. The number of imidazole rings is 1. The van der Waals surface area contributed by atoms with E-state index in [-0.39, 0.29) is 0 Å². The van der Waals surface area contributed by atoms with Crippen LogP contribution in [0.2, 0.25) is 0 Å². The molecule has 1 unspecified atom stereocenters. The summed E-state index contributed by atoms with van der Waals surface area (Å²) in [4.78, 5) is 8.28. The van der Waals surface area contributed by atoms with Gasteiger partial charge in [-0.2, -0.15) is 0 Å². The highest BCUT2D eigenvalue weighted by atomic mass is 16.5. The van der Waals surface area contributed by atoms with Gasteiger partial charge in [0.05, 0.1) is 12.8 Å². The van der Waals surface area contributed by atoms with Gasteiger partial charge in [0.1, 0.15) is 11.6 Å². The van der Waals surface area contributed by atoms with Crippen LogP contribution >= 0.6 is 0 Å². The first kappa shape index (κ1) is 13.2. The number of hydrogen-bond donors (Lipinski definition) is 2. The van der Waals surface area contributed by atoms with Crippen LogP contribution in [0.25, 0.3) is 11.3 Å². The zero-order valence-electron chi connectivity index (χ0n) is 12.1. The number of rotatable bonds is 3. The second-order valence-electron chi connectivity index (χ2n) is 5.37. The second kappa shape index (κ2) is 5.67. The van der Waals surface area contributed by atoms with Crippen LogP contribution in [-0.2, 0) is 0 Å². The average molecular weight is 271 g/mol. The Labute approximate surface area is 119 Å². The Morgan fingerprint density at radius 1 is 1.25 bits per heavy atom. The zero-order chi connectivity index (χ0) is 13.9. The predicted octanol–water partition coefficient (Wildman–Crippen LogP) is 2.86. The van der Waals surface area contributed by atoms with Crippen molar-refractivity contribution in [2.75, 3.05) is 20.2 Å². The topological polar surface area (TPSA) is 49.9 Å². The number of aromatic nitrogens is 2. The highest BCUT2D eigenvalue weighted by Crippen LogP contribution is 2.28. The minimum absolute atomic E-state index is 0.509. The van der Waals surface area contributed by atoms with Crippen LogP contribution in [0.4, 0.5) is 0 Å². The summed E-state index contributed by atoms with van der Waals surface area (Å²) in [6.45, 7) is 4.24. The molecule has 0 saturated carbocycles. The van der Waals surface area contributed by atoms with Crippen LogP contribution in [0.15, 0.2) is 24.3 Å². The Morgan fingerprint density at radius 2 is 2.05 bits per heavy atom. The number of benzene rings is 1. The van der Waals surface area contributed by atoms with Crippen LogP contribution in [0.1, 0.15) is 30.3 Å². The molecule has 1 aliphatic rings. The van der Waals surface area contributed by atoms with Crippen molar-refractivity contribution in [3.63, 3.8) is 0 Å². The SMILES string of the molecule is COc1ccc(-c2nc(C3CCCNC3)[nH]c2C)cc1. The molecule has 1 aliphatic heterocycles. The maximum atomic E-state index is 5.20. The highest BCUT2D eigenvalue weighted by molar-refractivity contribution is 5.62. The standard InChI is InChI=1S/C16H21N3O/c1-11-15(12-5-7-14(20-2)8-6-12)19-16(18-11)13-4-3-9-17-10-13/h5-8,13,17H,3-4,9-10H2,1-2H3,(H,18,19). The Morgan fingerprint density at radius 3 is 2.70 bits per heavy atom. The number of H-pyrrole nitrogens is 1. The molecule has 0 aliphatic carbocycles. The van der Waals surface area contributed by atoms with E-state index in [1.54, 1.807) is 7.11 Å². The highest BCUT2D eigenvalue weighted by Gasteiger charge is 2.20. The maximum Gasteiger partial charge on any atom is 0.118 e. The molecule has 0 spiro atoms. The molecule has 1 saturated heterocycles. The van der Waals surface area contributed by atoms with Gasteiger partial charge in [-0.15, -0.1) is 0 Å². The zero-order valence-corrected chi connectivity index (χ0v) is 12.1. The van der Waals surface area contributed by atoms with E-state index >= 15 is 0 Å². The summed E-state index contributed by atoms with van der Waals surface area (Å²) in [5.41, 5.74) is 3.32. The van der Waals surface area contributed by atoms with Crippen LogP contribution in [0.3, 0.4) is 0 Å². The van der Waals surface area contributed by atoms with Crippen LogP contribution < -0.4 is 10.1 Å². The van der Waals surface area contributed by atoms with Crippen molar-refractivity contribution in [3.8, 4) is 17.0 Å². The lowest BCUT2D eigenvalue weighted by atomic mass is 9.99. The number of aryl methyl sites for hydroxylation is 1. The number of aromatic amines is 1. The van der Waals surface area contributed by atoms with Crippen molar-refractivity contribution < 1.29 is 4.74 Å². The van der Waals surface area contributed by atoms with Crippen molar-refractivity contribution >= 4 is 0 Å².